The average molecular weight is 352 g/mol. The molecule has 1 saturated heterocycles. The van der Waals surface area contributed by atoms with Crippen LogP contribution in [0.1, 0.15) is 0 Å². The van der Waals surface area contributed by atoms with Gasteiger partial charge in [0.2, 0.25) is 6.29 Å². The first kappa shape index (κ1) is 18.1. The Hall–Kier alpha value is -1.23. The van der Waals surface area contributed by atoms with Crippen molar-refractivity contribution in [2.75, 3.05) is 6.61 Å². The Morgan fingerprint density at radius 3 is 2.22 bits per heavy atom. The molecule has 10 nitrogen and oxygen atoms in total. The number of phenols is 1. The number of aliphatic hydroxyl groups is 3. The standard InChI is InChI=1S/C12H17O10P/c13-6-1-3-7(4-2-6)21-12-11(16)10(15)9(14)8(22-12)5-20-23(17,18)19/h1-4,8-16H,5H2,(H2,17,18,19)/t8-,9-,10+,11-,12-/m1/s1. The van der Waals surface area contributed by atoms with Crippen LogP contribution in [0.3, 0.4) is 0 Å². The van der Waals surface area contributed by atoms with Gasteiger partial charge < -0.3 is 39.7 Å². The number of rotatable bonds is 5. The SMILES string of the molecule is O=P(O)(O)OC[C@H]1O[C@@H](Oc2ccc(O)cc2)[C@H](O)[C@@H](O)[C@@H]1O. The summed E-state index contributed by atoms with van der Waals surface area (Å²) in [5, 5.41) is 38.6. The zero-order chi connectivity index (χ0) is 17.2. The van der Waals surface area contributed by atoms with E-state index in [0.717, 1.165) is 0 Å². The quantitative estimate of drug-likeness (QED) is 0.350. The van der Waals surface area contributed by atoms with Crippen LogP contribution in [0, 0.1) is 0 Å². The van der Waals surface area contributed by atoms with Gasteiger partial charge >= 0.3 is 7.82 Å². The van der Waals surface area contributed by atoms with Crippen molar-refractivity contribution in [3.63, 3.8) is 0 Å². The minimum atomic E-state index is -4.79. The molecule has 130 valence electrons. The molecule has 1 aromatic carbocycles. The highest BCUT2D eigenvalue weighted by atomic mass is 31.2. The minimum absolute atomic E-state index is 0.00848. The Morgan fingerprint density at radius 2 is 1.65 bits per heavy atom. The van der Waals surface area contributed by atoms with Gasteiger partial charge in [-0.15, -0.1) is 0 Å². The van der Waals surface area contributed by atoms with Gasteiger partial charge in [0.15, 0.2) is 0 Å². The van der Waals surface area contributed by atoms with Gasteiger partial charge in [-0.3, -0.25) is 4.52 Å². The highest BCUT2D eigenvalue weighted by Crippen LogP contribution is 2.37. The van der Waals surface area contributed by atoms with E-state index in [9.17, 15) is 25.0 Å². The Bertz CT molecular complexity index is 557. The molecule has 2 rings (SSSR count). The first-order valence-corrected chi connectivity index (χ1v) is 8.06. The second kappa shape index (κ2) is 7.12. The van der Waals surface area contributed by atoms with E-state index in [4.69, 9.17) is 19.3 Å². The van der Waals surface area contributed by atoms with Gasteiger partial charge in [-0.1, -0.05) is 0 Å². The van der Waals surface area contributed by atoms with E-state index in [2.05, 4.69) is 4.52 Å². The first-order valence-electron chi connectivity index (χ1n) is 6.53. The fourth-order valence-corrected chi connectivity index (χ4v) is 2.32. The lowest BCUT2D eigenvalue weighted by Crippen LogP contribution is -2.60. The summed E-state index contributed by atoms with van der Waals surface area (Å²) in [5.41, 5.74) is 0. The van der Waals surface area contributed by atoms with Crippen molar-refractivity contribution >= 4 is 7.82 Å². The Morgan fingerprint density at radius 1 is 1.04 bits per heavy atom. The van der Waals surface area contributed by atoms with Gasteiger partial charge in [-0.2, -0.15) is 0 Å². The van der Waals surface area contributed by atoms with Crippen LogP contribution < -0.4 is 4.74 Å². The van der Waals surface area contributed by atoms with E-state index in [1.54, 1.807) is 0 Å². The molecule has 6 N–H and O–H groups in total. The van der Waals surface area contributed by atoms with Crippen LogP contribution in [-0.4, -0.2) is 67.5 Å². The topological polar surface area (TPSA) is 166 Å². The number of aromatic hydroxyl groups is 1. The van der Waals surface area contributed by atoms with E-state index in [-0.39, 0.29) is 11.5 Å². The van der Waals surface area contributed by atoms with E-state index >= 15 is 0 Å². The second-order valence-electron chi connectivity index (χ2n) is 4.91. The molecule has 1 fully saturated rings. The summed E-state index contributed by atoms with van der Waals surface area (Å²) in [6.07, 6.45) is -7.65. The zero-order valence-corrected chi connectivity index (χ0v) is 12.6. The summed E-state index contributed by atoms with van der Waals surface area (Å²) in [4.78, 5) is 17.3. The molecule has 0 amide bonds. The monoisotopic (exact) mass is 352 g/mol. The van der Waals surface area contributed by atoms with E-state index in [1.807, 2.05) is 0 Å². The van der Waals surface area contributed by atoms with Crippen LogP contribution >= 0.6 is 7.82 Å². The number of phosphoric acid groups is 1. The molecule has 1 aliphatic rings. The first-order chi connectivity index (χ1) is 10.7. The molecule has 1 heterocycles. The predicted octanol–water partition coefficient (Wildman–Crippen LogP) is -1.31. The van der Waals surface area contributed by atoms with Crippen LogP contribution in [0.4, 0.5) is 0 Å². The van der Waals surface area contributed by atoms with Crippen molar-refractivity contribution in [2.24, 2.45) is 0 Å². The van der Waals surface area contributed by atoms with Gasteiger partial charge in [-0.25, -0.2) is 4.57 Å². The van der Waals surface area contributed by atoms with Gasteiger partial charge in [0.05, 0.1) is 6.61 Å². The lowest BCUT2D eigenvalue weighted by Gasteiger charge is -2.40. The molecular formula is C12H17O10P. The van der Waals surface area contributed by atoms with Crippen molar-refractivity contribution in [1.29, 1.82) is 0 Å². The number of phosphoric ester groups is 1. The maximum atomic E-state index is 10.7. The van der Waals surface area contributed by atoms with Crippen molar-refractivity contribution in [3.8, 4) is 11.5 Å². The van der Waals surface area contributed by atoms with Gasteiger partial charge in [0.25, 0.3) is 0 Å². The molecule has 23 heavy (non-hydrogen) atoms. The molecule has 1 aliphatic heterocycles. The molecular weight excluding hydrogens is 335 g/mol. The smallest absolute Gasteiger partial charge is 0.469 e. The maximum absolute atomic E-state index is 10.7. The van der Waals surface area contributed by atoms with Crippen LogP contribution in [0.2, 0.25) is 0 Å². The fraction of sp³-hybridized carbons (Fsp3) is 0.500. The summed E-state index contributed by atoms with van der Waals surface area (Å²) in [5.74, 6) is 0.191. The molecule has 0 radical (unpaired) electrons. The Kier molecular flexibility index (Phi) is 5.61. The summed E-state index contributed by atoms with van der Waals surface area (Å²) < 4.78 is 25.4. The van der Waals surface area contributed by atoms with Crippen molar-refractivity contribution < 1.29 is 48.8 Å². The number of hydrogen-bond donors (Lipinski definition) is 6. The van der Waals surface area contributed by atoms with Crippen molar-refractivity contribution in [1.82, 2.24) is 0 Å². The lowest BCUT2D eigenvalue weighted by molar-refractivity contribution is -0.276. The van der Waals surface area contributed by atoms with E-state index < -0.39 is 45.1 Å². The normalized spacial score (nSPS) is 31.8. The fourth-order valence-electron chi connectivity index (χ4n) is 1.98. The van der Waals surface area contributed by atoms with E-state index in [1.165, 1.54) is 24.3 Å². The second-order valence-corrected chi connectivity index (χ2v) is 6.15. The molecule has 0 aromatic heterocycles. The van der Waals surface area contributed by atoms with Crippen LogP contribution in [0.25, 0.3) is 0 Å². The Labute approximate surface area is 130 Å². The zero-order valence-electron chi connectivity index (χ0n) is 11.7. The Balaban J connectivity index is 2.06. The number of ether oxygens (including phenoxy) is 2. The van der Waals surface area contributed by atoms with Crippen LogP contribution in [0.5, 0.6) is 11.5 Å². The summed E-state index contributed by atoms with van der Waals surface area (Å²) in [6, 6.07) is 5.41. The largest absolute Gasteiger partial charge is 0.508 e. The molecule has 5 atom stereocenters. The third-order valence-corrected chi connectivity index (χ3v) is 3.65. The molecule has 0 unspecified atom stereocenters. The molecule has 11 heteroatoms. The number of hydrogen-bond acceptors (Lipinski definition) is 8. The average Bonchev–Trinajstić information content (AvgIpc) is 2.48. The summed E-state index contributed by atoms with van der Waals surface area (Å²) >= 11 is 0. The molecule has 0 saturated carbocycles. The highest BCUT2D eigenvalue weighted by Gasteiger charge is 2.45. The van der Waals surface area contributed by atoms with Gasteiger partial charge in [0.1, 0.15) is 35.9 Å². The van der Waals surface area contributed by atoms with Gasteiger partial charge in [0, 0.05) is 0 Å². The van der Waals surface area contributed by atoms with E-state index in [0.29, 0.717) is 0 Å². The summed E-state index contributed by atoms with van der Waals surface area (Å²) in [7, 11) is -4.79. The number of aliphatic hydroxyl groups excluding tert-OH is 3. The number of benzene rings is 1. The maximum Gasteiger partial charge on any atom is 0.469 e. The molecule has 0 spiro atoms. The lowest BCUT2D eigenvalue weighted by atomic mass is 9.99. The molecule has 0 aliphatic carbocycles. The third kappa shape index (κ3) is 4.87. The predicted molar refractivity (Wildman–Crippen MR) is 73.4 cm³/mol. The van der Waals surface area contributed by atoms with Crippen molar-refractivity contribution in [3.05, 3.63) is 24.3 Å². The highest BCUT2D eigenvalue weighted by molar-refractivity contribution is 7.46. The van der Waals surface area contributed by atoms with Crippen LogP contribution in [-0.2, 0) is 13.8 Å². The third-order valence-electron chi connectivity index (χ3n) is 3.16. The molecule has 0 bridgehead atoms. The summed E-state index contributed by atoms with van der Waals surface area (Å²) in [6.45, 7) is -0.718. The van der Waals surface area contributed by atoms with Gasteiger partial charge in [-0.05, 0) is 24.3 Å². The van der Waals surface area contributed by atoms with Crippen molar-refractivity contribution in [2.45, 2.75) is 30.7 Å². The van der Waals surface area contributed by atoms with Crippen LogP contribution in [0.15, 0.2) is 24.3 Å². The minimum Gasteiger partial charge on any atom is -0.508 e. The molecule has 1 aromatic rings. The number of phenolic OH excluding ortho intramolecular Hbond substituents is 1.